The minimum absolute atomic E-state index is 0.314. The van der Waals surface area contributed by atoms with Crippen LogP contribution in [0, 0.1) is 17.8 Å². The largest absolute Gasteiger partial charge is 0.444 e. The standard InChI is InChI=1S/C14H23NO3/c1-14(2,3)18-13(17)15-12(8-16)11-7-9-4-5-10(11)6-9/h8-12H,4-7H2,1-3H3,(H,15,17). The molecule has 0 aromatic carbocycles. The molecule has 4 atom stereocenters. The van der Waals surface area contributed by atoms with Gasteiger partial charge in [0.1, 0.15) is 11.9 Å². The van der Waals surface area contributed by atoms with Crippen LogP contribution in [0.2, 0.25) is 0 Å². The van der Waals surface area contributed by atoms with Crippen LogP contribution in [0.5, 0.6) is 0 Å². The van der Waals surface area contributed by atoms with Crippen LogP contribution in [0.4, 0.5) is 4.79 Å². The van der Waals surface area contributed by atoms with Gasteiger partial charge in [0.25, 0.3) is 0 Å². The number of alkyl carbamates (subject to hydrolysis) is 1. The summed E-state index contributed by atoms with van der Waals surface area (Å²) in [6.45, 7) is 5.46. The van der Waals surface area contributed by atoms with E-state index < -0.39 is 11.7 Å². The van der Waals surface area contributed by atoms with E-state index in [0.29, 0.717) is 11.8 Å². The van der Waals surface area contributed by atoms with Crippen molar-refractivity contribution in [2.75, 3.05) is 0 Å². The lowest BCUT2D eigenvalue weighted by Gasteiger charge is -2.28. The lowest BCUT2D eigenvalue weighted by molar-refractivity contribution is -0.111. The summed E-state index contributed by atoms with van der Waals surface area (Å²) in [6, 6.07) is -0.379. The summed E-state index contributed by atoms with van der Waals surface area (Å²) in [4.78, 5) is 22.9. The molecule has 2 saturated carbocycles. The Morgan fingerprint density at radius 2 is 2.06 bits per heavy atom. The first-order valence-electron chi connectivity index (χ1n) is 6.84. The van der Waals surface area contributed by atoms with Crippen molar-refractivity contribution in [1.82, 2.24) is 5.32 Å². The number of nitrogens with one attached hydrogen (secondary N) is 1. The van der Waals surface area contributed by atoms with E-state index in [0.717, 1.165) is 18.6 Å². The van der Waals surface area contributed by atoms with Crippen LogP contribution in [0.1, 0.15) is 46.5 Å². The van der Waals surface area contributed by atoms with Gasteiger partial charge in [0.05, 0.1) is 6.04 Å². The summed E-state index contributed by atoms with van der Waals surface area (Å²) in [5, 5.41) is 2.72. The van der Waals surface area contributed by atoms with E-state index in [-0.39, 0.29) is 6.04 Å². The summed E-state index contributed by atoms with van der Waals surface area (Å²) in [6.07, 6.45) is 5.18. The van der Waals surface area contributed by atoms with Crippen LogP contribution in [-0.2, 0) is 9.53 Å². The molecule has 0 spiro atoms. The molecule has 0 aromatic rings. The van der Waals surface area contributed by atoms with E-state index >= 15 is 0 Å². The first kappa shape index (κ1) is 13.4. The molecule has 4 unspecified atom stereocenters. The molecular formula is C14H23NO3. The minimum Gasteiger partial charge on any atom is -0.444 e. The summed E-state index contributed by atoms with van der Waals surface area (Å²) < 4.78 is 5.20. The predicted molar refractivity (Wildman–Crippen MR) is 68.2 cm³/mol. The molecule has 0 aromatic heterocycles. The topological polar surface area (TPSA) is 55.4 Å². The maximum absolute atomic E-state index is 11.7. The fraction of sp³-hybridized carbons (Fsp3) is 0.857. The zero-order valence-electron chi connectivity index (χ0n) is 11.4. The van der Waals surface area contributed by atoms with E-state index in [1.54, 1.807) is 0 Å². The second kappa shape index (κ2) is 4.90. The normalized spacial score (nSPS) is 32.1. The monoisotopic (exact) mass is 253 g/mol. The molecule has 2 fully saturated rings. The molecule has 0 aliphatic heterocycles. The van der Waals surface area contributed by atoms with Gasteiger partial charge in [-0.25, -0.2) is 4.79 Å². The van der Waals surface area contributed by atoms with Crippen molar-refractivity contribution in [3.05, 3.63) is 0 Å². The molecule has 4 nitrogen and oxygen atoms in total. The quantitative estimate of drug-likeness (QED) is 0.786. The van der Waals surface area contributed by atoms with Gasteiger partial charge < -0.3 is 14.8 Å². The molecule has 18 heavy (non-hydrogen) atoms. The van der Waals surface area contributed by atoms with Crippen molar-refractivity contribution in [3.8, 4) is 0 Å². The molecule has 1 amide bonds. The second-order valence-corrected chi connectivity index (χ2v) is 6.65. The Kier molecular flexibility index (Phi) is 3.64. The Morgan fingerprint density at radius 1 is 1.33 bits per heavy atom. The summed E-state index contributed by atoms with van der Waals surface area (Å²) in [5.41, 5.74) is -0.522. The molecule has 2 rings (SSSR count). The third kappa shape index (κ3) is 3.03. The molecule has 2 bridgehead atoms. The van der Waals surface area contributed by atoms with Crippen molar-refractivity contribution < 1.29 is 14.3 Å². The van der Waals surface area contributed by atoms with Crippen LogP contribution >= 0.6 is 0 Å². The highest BCUT2D eigenvalue weighted by Gasteiger charge is 2.43. The maximum atomic E-state index is 11.7. The first-order valence-corrected chi connectivity index (χ1v) is 6.84. The molecule has 0 heterocycles. The second-order valence-electron chi connectivity index (χ2n) is 6.65. The third-order valence-corrected chi connectivity index (χ3v) is 4.08. The Morgan fingerprint density at radius 3 is 2.50 bits per heavy atom. The van der Waals surface area contributed by atoms with Gasteiger partial charge in [0.15, 0.2) is 0 Å². The van der Waals surface area contributed by atoms with Crippen molar-refractivity contribution in [1.29, 1.82) is 0 Å². The van der Waals surface area contributed by atoms with Crippen molar-refractivity contribution in [2.45, 2.75) is 58.1 Å². The number of hydrogen-bond acceptors (Lipinski definition) is 3. The van der Waals surface area contributed by atoms with Crippen molar-refractivity contribution in [2.24, 2.45) is 17.8 Å². The van der Waals surface area contributed by atoms with E-state index in [1.165, 1.54) is 19.3 Å². The first-order chi connectivity index (χ1) is 8.39. The Balaban J connectivity index is 1.90. The molecule has 2 aliphatic carbocycles. The average molecular weight is 253 g/mol. The van der Waals surface area contributed by atoms with Crippen LogP contribution in [0.25, 0.3) is 0 Å². The van der Waals surface area contributed by atoms with Crippen LogP contribution in [0.3, 0.4) is 0 Å². The number of amides is 1. The van der Waals surface area contributed by atoms with Crippen LogP contribution < -0.4 is 5.32 Å². The predicted octanol–water partition coefficient (Wildman–Crippen LogP) is 2.51. The number of hydrogen-bond donors (Lipinski definition) is 1. The number of ether oxygens (including phenoxy) is 1. The van der Waals surface area contributed by atoms with Crippen molar-refractivity contribution >= 4 is 12.4 Å². The molecule has 102 valence electrons. The Labute approximate surface area is 108 Å². The number of rotatable bonds is 3. The third-order valence-electron chi connectivity index (χ3n) is 4.08. The van der Waals surface area contributed by atoms with E-state index in [9.17, 15) is 9.59 Å². The highest BCUT2D eigenvalue weighted by Crippen LogP contribution is 2.49. The minimum atomic E-state index is -0.522. The molecule has 2 aliphatic rings. The Bertz CT molecular complexity index is 334. The lowest BCUT2D eigenvalue weighted by atomic mass is 9.84. The Hall–Kier alpha value is -1.06. The van der Waals surface area contributed by atoms with E-state index in [4.69, 9.17) is 4.74 Å². The molecule has 1 N–H and O–H groups in total. The van der Waals surface area contributed by atoms with E-state index in [1.807, 2.05) is 20.8 Å². The zero-order valence-corrected chi connectivity index (χ0v) is 11.4. The SMILES string of the molecule is CC(C)(C)OC(=O)NC(C=O)C1CC2CCC1C2. The maximum Gasteiger partial charge on any atom is 0.408 e. The van der Waals surface area contributed by atoms with Gasteiger partial charge in [-0.2, -0.15) is 0 Å². The fourth-order valence-electron chi connectivity index (χ4n) is 3.42. The van der Waals surface area contributed by atoms with Crippen LogP contribution in [0.15, 0.2) is 0 Å². The molecule has 0 radical (unpaired) electrons. The number of carbonyl (C=O) groups excluding carboxylic acids is 2. The van der Waals surface area contributed by atoms with Gasteiger partial charge in [-0.3, -0.25) is 0 Å². The summed E-state index contributed by atoms with van der Waals surface area (Å²) in [5.74, 6) is 1.69. The van der Waals surface area contributed by atoms with Gasteiger partial charge in [0, 0.05) is 0 Å². The number of aldehydes is 1. The molecular weight excluding hydrogens is 230 g/mol. The lowest BCUT2D eigenvalue weighted by Crippen LogP contribution is -2.45. The summed E-state index contributed by atoms with van der Waals surface area (Å²) >= 11 is 0. The molecule has 4 heteroatoms. The van der Waals surface area contributed by atoms with Gasteiger partial charge >= 0.3 is 6.09 Å². The average Bonchev–Trinajstić information content (AvgIpc) is 2.84. The van der Waals surface area contributed by atoms with Gasteiger partial charge in [0.2, 0.25) is 0 Å². The van der Waals surface area contributed by atoms with Gasteiger partial charge in [-0.1, -0.05) is 6.42 Å². The van der Waals surface area contributed by atoms with Gasteiger partial charge in [-0.05, 0) is 57.8 Å². The van der Waals surface area contributed by atoms with Gasteiger partial charge in [-0.15, -0.1) is 0 Å². The highest BCUT2D eigenvalue weighted by atomic mass is 16.6. The van der Waals surface area contributed by atoms with Crippen molar-refractivity contribution in [3.63, 3.8) is 0 Å². The fourth-order valence-corrected chi connectivity index (χ4v) is 3.42. The number of carbonyl (C=O) groups is 2. The smallest absolute Gasteiger partial charge is 0.408 e. The highest BCUT2D eigenvalue weighted by molar-refractivity contribution is 5.73. The zero-order chi connectivity index (χ0) is 13.3. The summed E-state index contributed by atoms with van der Waals surface area (Å²) in [7, 11) is 0. The molecule has 0 saturated heterocycles. The van der Waals surface area contributed by atoms with Crippen LogP contribution in [-0.4, -0.2) is 24.0 Å². The number of fused-ring (bicyclic) bond motifs is 2. The van der Waals surface area contributed by atoms with E-state index in [2.05, 4.69) is 5.32 Å².